The molecule has 0 amide bonds. The molecule has 2 aromatic heterocycles. The van der Waals surface area contributed by atoms with Gasteiger partial charge in [0.25, 0.3) is 0 Å². The minimum Gasteiger partial charge on any atom is -0.354 e. The van der Waals surface area contributed by atoms with Crippen molar-refractivity contribution in [2.24, 2.45) is 0 Å². The van der Waals surface area contributed by atoms with Gasteiger partial charge in [0.1, 0.15) is 5.69 Å². The highest BCUT2D eigenvalue weighted by Crippen LogP contribution is 2.24. The third kappa shape index (κ3) is 3.44. The van der Waals surface area contributed by atoms with E-state index in [2.05, 4.69) is 25.8 Å². The molecule has 1 N–H and O–H groups in total. The summed E-state index contributed by atoms with van der Waals surface area (Å²) >= 11 is 18.8. The Kier molecular flexibility index (Phi) is 4.25. The normalized spacial score (nSPS) is 10.8. The van der Waals surface area contributed by atoms with Crippen LogP contribution >= 0.6 is 46.1 Å². The largest absolute Gasteiger partial charge is 0.354 e. The second-order valence-corrected chi connectivity index (χ2v) is 6.34. The zero-order valence-corrected chi connectivity index (χ0v) is 13.4. The monoisotopic (exact) mass is 360 g/mol. The molecule has 0 aliphatic rings. The van der Waals surface area contributed by atoms with Crippen LogP contribution in [-0.4, -0.2) is 25.2 Å². The zero-order valence-electron chi connectivity index (χ0n) is 10.3. The van der Waals surface area contributed by atoms with Crippen molar-refractivity contribution in [3.05, 3.63) is 44.6 Å². The molecule has 0 saturated heterocycles. The van der Waals surface area contributed by atoms with Crippen LogP contribution < -0.4 is 5.32 Å². The van der Waals surface area contributed by atoms with Crippen molar-refractivity contribution in [1.29, 1.82) is 0 Å². The first-order valence-corrected chi connectivity index (χ1v) is 7.66. The van der Waals surface area contributed by atoms with Gasteiger partial charge < -0.3 is 5.32 Å². The zero-order chi connectivity index (χ0) is 14.8. The summed E-state index contributed by atoms with van der Waals surface area (Å²) in [6.07, 6.45) is 1.79. The highest BCUT2D eigenvalue weighted by Gasteiger charge is 2.07. The van der Waals surface area contributed by atoms with E-state index in [0.717, 1.165) is 11.4 Å². The first kappa shape index (κ1) is 14.5. The summed E-state index contributed by atoms with van der Waals surface area (Å²) in [4.78, 5) is 0. The van der Waals surface area contributed by atoms with Gasteiger partial charge in [0, 0.05) is 0 Å². The summed E-state index contributed by atoms with van der Waals surface area (Å²) < 4.78 is 2.00. The van der Waals surface area contributed by atoms with Gasteiger partial charge in [-0.1, -0.05) is 39.8 Å². The molecular weight excluding hydrogens is 355 g/mol. The molecule has 1 aromatic carbocycles. The molecular formula is C11H7Cl3N6S. The Morgan fingerprint density at radius 3 is 2.67 bits per heavy atom. The van der Waals surface area contributed by atoms with E-state index in [4.69, 9.17) is 34.8 Å². The van der Waals surface area contributed by atoms with Crippen molar-refractivity contribution < 1.29 is 0 Å². The molecule has 0 unspecified atom stereocenters. The molecule has 0 fully saturated rings. The van der Waals surface area contributed by atoms with Crippen molar-refractivity contribution in [2.45, 2.75) is 6.54 Å². The van der Waals surface area contributed by atoms with E-state index < -0.39 is 0 Å². The smallest absolute Gasteiger partial charge is 0.208 e. The van der Waals surface area contributed by atoms with Crippen molar-refractivity contribution in [2.75, 3.05) is 5.32 Å². The molecule has 6 nitrogen and oxygen atoms in total. The molecule has 3 rings (SSSR count). The number of benzene rings is 1. The van der Waals surface area contributed by atoms with Gasteiger partial charge in [0.2, 0.25) is 9.60 Å². The van der Waals surface area contributed by atoms with E-state index in [1.54, 1.807) is 23.0 Å². The number of nitrogens with zero attached hydrogens (tertiary/aromatic N) is 5. The fraction of sp³-hybridized carbons (Fsp3) is 0.0909. The molecule has 0 bridgehead atoms. The van der Waals surface area contributed by atoms with Crippen LogP contribution in [0.5, 0.6) is 0 Å². The number of nitrogens with one attached hydrogen (secondary N) is 1. The quantitative estimate of drug-likeness (QED) is 0.767. The number of rotatable bonds is 4. The van der Waals surface area contributed by atoms with Gasteiger partial charge in [0.15, 0.2) is 0 Å². The molecule has 0 spiro atoms. The van der Waals surface area contributed by atoms with Gasteiger partial charge in [0.05, 0.1) is 28.5 Å². The molecule has 0 aliphatic heterocycles. The van der Waals surface area contributed by atoms with E-state index in [-0.39, 0.29) is 0 Å². The van der Waals surface area contributed by atoms with Gasteiger partial charge in [-0.25, -0.2) is 4.68 Å². The first-order valence-electron chi connectivity index (χ1n) is 5.71. The SMILES string of the molecule is Clc1nnc(NCc2cn(-c3ccc(Cl)c(Cl)c3)nn2)s1. The molecule has 0 atom stereocenters. The highest BCUT2D eigenvalue weighted by atomic mass is 35.5. The standard InChI is InChI=1S/C11H7Cl3N6S/c12-8-2-1-7(3-9(8)13)20-5-6(16-19-20)4-15-11-18-17-10(14)21-11/h1-3,5H,4H2,(H,15,18). The van der Waals surface area contributed by atoms with Crippen LogP contribution in [0.4, 0.5) is 5.13 Å². The van der Waals surface area contributed by atoms with Crippen LogP contribution in [0.25, 0.3) is 5.69 Å². The van der Waals surface area contributed by atoms with E-state index in [9.17, 15) is 0 Å². The van der Waals surface area contributed by atoms with Crippen LogP contribution in [0.3, 0.4) is 0 Å². The molecule has 10 heteroatoms. The van der Waals surface area contributed by atoms with E-state index in [1.165, 1.54) is 11.3 Å². The average molecular weight is 362 g/mol. The van der Waals surface area contributed by atoms with Crippen LogP contribution in [0.2, 0.25) is 14.5 Å². The Balaban J connectivity index is 1.72. The van der Waals surface area contributed by atoms with Crippen LogP contribution in [0.1, 0.15) is 5.69 Å². The van der Waals surface area contributed by atoms with E-state index in [1.807, 2.05) is 6.07 Å². The van der Waals surface area contributed by atoms with Crippen LogP contribution in [0, 0.1) is 0 Å². The molecule has 0 saturated carbocycles. The maximum atomic E-state index is 5.98. The topological polar surface area (TPSA) is 68.5 Å². The summed E-state index contributed by atoms with van der Waals surface area (Å²) in [6.45, 7) is 0.465. The number of halogens is 3. The van der Waals surface area contributed by atoms with Crippen molar-refractivity contribution in [1.82, 2.24) is 25.2 Å². The van der Waals surface area contributed by atoms with Gasteiger partial charge in [-0.3, -0.25) is 0 Å². The lowest BCUT2D eigenvalue weighted by molar-refractivity contribution is 0.798. The van der Waals surface area contributed by atoms with Crippen LogP contribution in [0.15, 0.2) is 24.4 Å². The number of anilines is 1. The lowest BCUT2D eigenvalue weighted by atomic mass is 10.3. The summed E-state index contributed by atoms with van der Waals surface area (Å²) in [5.41, 5.74) is 1.52. The first-order chi connectivity index (χ1) is 10.1. The third-order valence-corrected chi connectivity index (χ3v) is 4.25. The van der Waals surface area contributed by atoms with Crippen LogP contribution in [-0.2, 0) is 6.54 Å². The third-order valence-electron chi connectivity index (χ3n) is 2.53. The number of hydrogen-bond acceptors (Lipinski definition) is 6. The van der Waals surface area contributed by atoms with Gasteiger partial charge >= 0.3 is 0 Å². The molecule has 21 heavy (non-hydrogen) atoms. The van der Waals surface area contributed by atoms with Crippen molar-refractivity contribution >= 4 is 51.3 Å². The summed E-state index contributed by atoms with van der Waals surface area (Å²) in [5, 5.41) is 20.3. The minimum atomic E-state index is 0.386. The maximum absolute atomic E-state index is 5.98. The fourth-order valence-corrected chi connectivity index (χ4v) is 2.59. The maximum Gasteiger partial charge on any atom is 0.208 e. The number of aromatic nitrogens is 5. The minimum absolute atomic E-state index is 0.386. The molecule has 3 aromatic rings. The summed E-state index contributed by atoms with van der Waals surface area (Å²) in [7, 11) is 0. The fourth-order valence-electron chi connectivity index (χ4n) is 1.58. The Hall–Kier alpha value is -1.41. The van der Waals surface area contributed by atoms with E-state index >= 15 is 0 Å². The highest BCUT2D eigenvalue weighted by molar-refractivity contribution is 7.18. The predicted octanol–water partition coefficient (Wildman–Crippen LogP) is 3.69. The lowest BCUT2D eigenvalue weighted by Crippen LogP contribution is -1.99. The molecule has 0 aliphatic carbocycles. The average Bonchev–Trinajstić information content (AvgIpc) is 3.08. The van der Waals surface area contributed by atoms with Crippen molar-refractivity contribution in [3.63, 3.8) is 0 Å². The molecule has 0 radical (unpaired) electrons. The van der Waals surface area contributed by atoms with E-state index in [0.29, 0.717) is 26.2 Å². The predicted molar refractivity (Wildman–Crippen MR) is 83.6 cm³/mol. The summed E-state index contributed by atoms with van der Waals surface area (Å²) in [5.74, 6) is 0. The van der Waals surface area contributed by atoms with Crippen molar-refractivity contribution in [3.8, 4) is 5.69 Å². The molecule has 2 heterocycles. The second-order valence-electron chi connectivity index (χ2n) is 3.97. The summed E-state index contributed by atoms with van der Waals surface area (Å²) in [6, 6.07) is 5.24. The molecule has 108 valence electrons. The Morgan fingerprint density at radius 2 is 1.95 bits per heavy atom. The number of hydrogen-bond donors (Lipinski definition) is 1. The lowest BCUT2D eigenvalue weighted by Gasteiger charge is -2.01. The Labute approximate surface area is 138 Å². The Morgan fingerprint density at radius 1 is 1.10 bits per heavy atom. The van der Waals surface area contributed by atoms with Gasteiger partial charge in [-0.05, 0) is 29.8 Å². The van der Waals surface area contributed by atoms with Gasteiger partial charge in [-0.2, -0.15) is 0 Å². The Bertz CT molecular complexity index is 771. The van der Waals surface area contributed by atoms with Gasteiger partial charge in [-0.15, -0.1) is 15.3 Å². The second kappa shape index (κ2) is 6.15.